The molecule has 2 aromatic rings. The summed E-state index contributed by atoms with van der Waals surface area (Å²) in [5.74, 6) is 2.20. The minimum absolute atomic E-state index is 0.267. The van der Waals surface area contributed by atoms with Gasteiger partial charge in [-0.3, -0.25) is 0 Å². The van der Waals surface area contributed by atoms with Crippen LogP contribution in [0, 0.1) is 0 Å². The second-order valence-electron chi connectivity index (χ2n) is 7.03. The molecule has 0 spiro atoms. The van der Waals surface area contributed by atoms with Crippen LogP contribution in [0.15, 0.2) is 47.4 Å². The predicted octanol–water partition coefficient (Wildman–Crippen LogP) is 4.20. The number of hydrogen-bond donors (Lipinski definition) is 3. The van der Waals surface area contributed by atoms with Crippen LogP contribution in [-0.4, -0.2) is 21.5 Å². The monoisotopic (exact) mass is 329 g/mol. The van der Waals surface area contributed by atoms with Crippen molar-refractivity contribution >= 4 is 11.8 Å². The molecule has 0 fully saturated rings. The number of fused-ring (bicyclic) bond motifs is 1. The summed E-state index contributed by atoms with van der Waals surface area (Å²) < 4.78 is 0. The van der Waals surface area contributed by atoms with E-state index in [-0.39, 0.29) is 5.54 Å². The van der Waals surface area contributed by atoms with Crippen molar-refractivity contribution in [1.29, 1.82) is 0 Å². The number of hydrogen-bond acceptors (Lipinski definition) is 4. The van der Waals surface area contributed by atoms with Gasteiger partial charge < -0.3 is 15.9 Å². The lowest BCUT2D eigenvalue weighted by Gasteiger charge is -2.37. The topological polar surface area (TPSA) is 66.5 Å². The van der Waals surface area contributed by atoms with Crippen molar-refractivity contribution in [1.82, 2.24) is 0 Å². The smallest absolute Gasteiger partial charge is 0.116 e. The van der Waals surface area contributed by atoms with Crippen molar-refractivity contribution < 1.29 is 10.2 Å². The molecule has 0 aliphatic carbocycles. The molecule has 0 saturated carbocycles. The molecule has 0 aromatic heterocycles. The first kappa shape index (κ1) is 16.2. The van der Waals surface area contributed by atoms with E-state index in [0.29, 0.717) is 23.3 Å². The highest BCUT2D eigenvalue weighted by atomic mass is 32.2. The highest BCUT2D eigenvalue weighted by Gasteiger charge is 2.34. The first-order valence-electron chi connectivity index (χ1n) is 7.87. The van der Waals surface area contributed by atoms with Crippen LogP contribution in [0.4, 0.5) is 0 Å². The molecule has 4 N–H and O–H groups in total. The second kappa shape index (κ2) is 6.10. The Morgan fingerprint density at radius 1 is 1.09 bits per heavy atom. The Morgan fingerprint density at radius 2 is 1.74 bits per heavy atom. The fourth-order valence-corrected chi connectivity index (χ4v) is 4.71. The van der Waals surface area contributed by atoms with Gasteiger partial charge in [0.15, 0.2) is 0 Å². The first-order valence-corrected chi connectivity index (χ1v) is 8.85. The van der Waals surface area contributed by atoms with Gasteiger partial charge in [-0.1, -0.05) is 18.2 Å². The van der Waals surface area contributed by atoms with E-state index in [1.165, 1.54) is 11.1 Å². The third-order valence-corrected chi connectivity index (χ3v) is 5.56. The van der Waals surface area contributed by atoms with Crippen LogP contribution >= 0.6 is 11.8 Å². The number of thioether (sulfide) groups is 1. The standard InChI is InChI=1S/C19H23NO2S/c1-19(2,20)10-16-15-8-7-14(22)9-18(15)23-11-17(16)12-3-5-13(21)6-4-12/h3-9,16-17,21-22H,10-11,20H2,1-2H3. The number of phenols is 2. The van der Waals surface area contributed by atoms with E-state index in [1.54, 1.807) is 30.0 Å². The predicted molar refractivity (Wildman–Crippen MR) is 95.3 cm³/mol. The van der Waals surface area contributed by atoms with Crippen molar-refractivity contribution in [2.24, 2.45) is 5.73 Å². The van der Waals surface area contributed by atoms with Gasteiger partial charge in [0, 0.05) is 22.1 Å². The molecule has 1 heterocycles. The molecule has 2 atom stereocenters. The number of rotatable bonds is 3. The second-order valence-corrected chi connectivity index (χ2v) is 8.09. The molecule has 2 aromatic carbocycles. The highest BCUT2D eigenvalue weighted by molar-refractivity contribution is 7.99. The van der Waals surface area contributed by atoms with Crippen molar-refractivity contribution in [3.05, 3.63) is 53.6 Å². The SMILES string of the molecule is CC(C)(N)CC1c2ccc(O)cc2SCC1c1ccc(O)cc1. The average Bonchev–Trinajstić information content (AvgIpc) is 2.47. The van der Waals surface area contributed by atoms with E-state index in [2.05, 4.69) is 13.8 Å². The van der Waals surface area contributed by atoms with Crippen LogP contribution in [0.1, 0.15) is 43.2 Å². The molecular weight excluding hydrogens is 306 g/mol. The van der Waals surface area contributed by atoms with Crippen LogP contribution in [0.25, 0.3) is 0 Å². The van der Waals surface area contributed by atoms with Gasteiger partial charge in [-0.2, -0.15) is 0 Å². The Bertz CT molecular complexity index is 692. The molecule has 1 aliphatic heterocycles. The summed E-state index contributed by atoms with van der Waals surface area (Å²) in [6.07, 6.45) is 0.872. The van der Waals surface area contributed by atoms with E-state index < -0.39 is 0 Å². The molecule has 23 heavy (non-hydrogen) atoms. The molecular formula is C19H23NO2S. The first-order chi connectivity index (χ1) is 10.8. The van der Waals surface area contributed by atoms with Gasteiger partial charge in [0.2, 0.25) is 0 Å². The summed E-state index contributed by atoms with van der Waals surface area (Å²) in [6, 6.07) is 13.1. The van der Waals surface area contributed by atoms with Crippen LogP contribution < -0.4 is 5.73 Å². The molecule has 4 heteroatoms. The van der Waals surface area contributed by atoms with Crippen LogP contribution in [0.2, 0.25) is 0 Å². The molecule has 2 unspecified atom stereocenters. The number of phenolic OH excluding ortho intramolecular Hbond substituents is 2. The molecule has 3 nitrogen and oxygen atoms in total. The van der Waals surface area contributed by atoms with Gasteiger partial charge >= 0.3 is 0 Å². The Labute approximate surface area is 141 Å². The summed E-state index contributed by atoms with van der Waals surface area (Å²) in [5.41, 5.74) is 8.54. The van der Waals surface area contributed by atoms with Crippen molar-refractivity contribution in [3.8, 4) is 11.5 Å². The maximum Gasteiger partial charge on any atom is 0.116 e. The van der Waals surface area contributed by atoms with Crippen molar-refractivity contribution in [2.45, 2.75) is 42.5 Å². The van der Waals surface area contributed by atoms with E-state index >= 15 is 0 Å². The maximum atomic E-state index is 9.75. The average molecular weight is 329 g/mol. The molecule has 0 amide bonds. The largest absolute Gasteiger partial charge is 0.508 e. The lowest BCUT2D eigenvalue weighted by molar-refractivity contribution is 0.389. The Kier molecular flexibility index (Phi) is 4.30. The quantitative estimate of drug-likeness (QED) is 0.789. The number of benzene rings is 2. The Hall–Kier alpha value is -1.65. The Balaban J connectivity index is 2.02. The van der Waals surface area contributed by atoms with E-state index in [9.17, 15) is 10.2 Å². The molecule has 0 radical (unpaired) electrons. The summed E-state index contributed by atoms with van der Waals surface area (Å²) >= 11 is 1.78. The Morgan fingerprint density at radius 3 is 2.39 bits per heavy atom. The van der Waals surface area contributed by atoms with Crippen molar-refractivity contribution in [3.63, 3.8) is 0 Å². The summed E-state index contributed by atoms with van der Waals surface area (Å²) in [7, 11) is 0. The maximum absolute atomic E-state index is 9.75. The molecule has 0 saturated heterocycles. The summed E-state index contributed by atoms with van der Waals surface area (Å²) in [4.78, 5) is 1.15. The zero-order valence-corrected chi connectivity index (χ0v) is 14.3. The van der Waals surface area contributed by atoms with Gasteiger partial charge in [-0.25, -0.2) is 0 Å². The highest BCUT2D eigenvalue weighted by Crippen LogP contribution is 2.49. The number of nitrogens with two attached hydrogens (primary N) is 1. The zero-order chi connectivity index (χ0) is 16.6. The lowest BCUT2D eigenvalue weighted by Crippen LogP contribution is -2.36. The van der Waals surface area contributed by atoms with Gasteiger partial charge in [0.25, 0.3) is 0 Å². The fourth-order valence-electron chi connectivity index (χ4n) is 3.34. The fraction of sp³-hybridized carbons (Fsp3) is 0.368. The summed E-state index contributed by atoms with van der Waals surface area (Å²) in [6.45, 7) is 4.12. The normalized spacial score (nSPS) is 21.0. The van der Waals surface area contributed by atoms with E-state index in [0.717, 1.165) is 17.1 Å². The van der Waals surface area contributed by atoms with Crippen LogP contribution in [0.3, 0.4) is 0 Å². The third kappa shape index (κ3) is 3.65. The molecule has 1 aliphatic rings. The molecule has 3 rings (SSSR count). The van der Waals surface area contributed by atoms with E-state index in [1.807, 2.05) is 24.3 Å². The van der Waals surface area contributed by atoms with Gasteiger partial charge in [0.05, 0.1) is 0 Å². The van der Waals surface area contributed by atoms with Crippen LogP contribution in [0.5, 0.6) is 11.5 Å². The van der Waals surface area contributed by atoms with Gasteiger partial charge in [0.1, 0.15) is 11.5 Å². The van der Waals surface area contributed by atoms with E-state index in [4.69, 9.17) is 5.73 Å². The van der Waals surface area contributed by atoms with Crippen LogP contribution in [-0.2, 0) is 0 Å². The van der Waals surface area contributed by atoms with Gasteiger partial charge in [-0.05, 0) is 61.6 Å². The minimum atomic E-state index is -0.267. The molecule has 0 bridgehead atoms. The van der Waals surface area contributed by atoms with Crippen molar-refractivity contribution in [2.75, 3.05) is 5.75 Å². The minimum Gasteiger partial charge on any atom is -0.508 e. The molecule has 122 valence electrons. The lowest BCUT2D eigenvalue weighted by atomic mass is 9.75. The third-order valence-electron chi connectivity index (χ3n) is 4.37. The zero-order valence-electron chi connectivity index (χ0n) is 13.5. The summed E-state index contributed by atoms with van der Waals surface area (Å²) in [5, 5.41) is 19.3. The van der Waals surface area contributed by atoms with Gasteiger partial charge in [-0.15, -0.1) is 11.8 Å². The number of aromatic hydroxyl groups is 2.